The molecule has 0 aliphatic rings. The highest BCUT2D eigenvalue weighted by molar-refractivity contribution is 7.89. The van der Waals surface area contributed by atoms with Crippen molar-refractivity contribution < 1.29 is 13.5 Å². The molecule has 0 atom stereocenters. The SMILES string of the molecule is CC(C)N(CCCO)S(=O)(=O)c1c(Cl)cccc1Cl. The molecule has 7 heteroatoms. The molecule has 4 nitrogen and oxygen atoms in total. The van der Waals surface area contributed by atoms with Crippen LogP contribution in [-0.2, 0) is 10.0 Å². The minimum absolute atomic E-state index is 0.0744. The largest absolute Gasteiger partial charge is 0.396 e. The quantitative estimate of drug-likeness (QED) is 0.874. The summed E-state index contributed by atoms with van der Waals surface area (Å²) in [5, 5.41) is 9.07. The molecule has 0 radical (unpaired) electrons. The highest BCUT2D eigenvalue weighted by atomic mass is 35.5. The van der Waals surface area contributed by atoms with Crippen molar-refractivity contribution in [3.8, 4) is 0 Å². The van der Waals surface area contributed by atoms with Gasteiger partial charge in [-0.3, -0.25) is 0 Å². The van der Waals surface area contributed by atoms with Gasteiger partial charge in [0.05, 0.1) is 10.0 Å². The Labute approximate surface area is 124 Å². The van der Waals surface area contributed by atoms with E-state index in [0.29, 0.717) is 6.42 Å². The molecule has 0 spiro atoms. The first-order chi connectivity index (χ1) is 8.82. The lowest BCUT2D eigenvalue weighted by Crippen LogP contribution is -2.38. The van der Waals surface area contributed by atoms with Crippen molar-refractivity contribution in [2.45, 2.75) is 31.2 Å². The van der Waals surface area contributed by atoms with E-state index >= 15 is 0 Å². The summed E-state index contributed by atoms with van der Waals surface area (Å²) in [6.45, 7) is 3.67. The zero-order valence-electron chi connectivity index (χ0n) is 10.8. The van der Waals surface area contributed by atoms with E-state index < -0.39 is 10.0 Å². The summed E-state index contributed by atoms with van der Waals surface area (Å²) in [5.41, 5.74) is 0. The number of rotatable bonds is 6. The van der Waals surface area contributed by atoms with Crippen molar-refractivity contribution in [1.82, 2.24) is 4.31 Å². The second-order valence-corrected chi connectivity index (χ2v) is 6.98. The fourth-order valence-corrected chi connectivity index (χ4v) is 4.50. The maximum Gasteiger partial charge on any atom is 0.246 e. The zero-order valence-corrected chi connectivity index (χ0v) is 13.1. The first-order valence-electron chi connectivity index (χ1n) is 5.89. The number of hydrogen-bond donors (Lipinski definition) is 1. The van der Waals surface area contributed by atoms with Gasteiger partial charge in [-0.2, -0.15) is 4.31 Å². The number of aliphatic hydroxyl groups excluding tert-OH is 1. The Hall–Kier alpha value is -0.330. The van der Waals surface area contributed by atoms with Gasteiger partial charge in [0.2, 0.25) is 10.0 Å². The number of nitrogens with zero attached hydrogens (tertiary/aromatic N) is 1. The predicted octanol–water partition coefficient (Wildman–Crippen LogP) is 2.77. The molecule has 108 valence electrons. The maximum absolute atomic E-state index is 12.6. The molecular weight excluding hydrogens is 309 g/mol. The van der Waals surface area contributed by atoms with E-state index in [4.69, 9.17) is 28.3 Å². The van der Waals surface area contributed by atoms with E-state index in [0.717, 1.165) is 0 Å². The van der Waals surface area contributed by atoms with Gasteiger partial charge in [-0.15, -0.1) is 0 Å². The van der Waals surface area contributed by atoms with Crippen LogP contribution in [0.25, 0.3) is 0 Å². The Bertz CT molecular complexity index is 512. The van der Waals surface area contributed by atoms with Crippen LogP contribution < -0.4 is 0 Å². The molecule has 0 heterocycles. The summed E-state index contributed by atoms with van der Waals surface area (Å²) in [6, 6.07) is 4.33. The second-order valence-electron chi connectivity index (χ2n) is 4.34. The van der Waals surface area contributed by atoms with Crippen LogP contribution in [0.3, 0.4) is 0 Å². The third-order valence-electron chi connectivity index (χ3n) is 2.60. The summed E-state index contributed by atoms with van der Waals surface area (Å²) >= 11 is 11.9. The molecule has 19 heavy (non-hydrogen) atoms. The van der Waals surface area contributed by atoms with E-state index in [1.807, 2.05) is 0 Å². The molecule has 1 N–H and O–H groups in total. The summed E-state index contributed by atoms with van der Waals surface area (Å²) in [6.07, 6.45) is 0.361. The standard InChI is InChI=1S/C12H17Cl2NO3S/c1-9(2)15(7-4-8-16)19(17,18)12-10(13)5-3-6-11(12)14/h3,5-6,9,16H,4,7-8H2,1-2H3. The molecule has 0 bridgehead atoms. The molecule has 0 amide bonds. The summed E-state index contributed by atoms with van der Waals surface area (Å²) < 4.78 is 26.5. The number of hydrogen-bond acceptors (Lipinski definition) is 3. The number of aliphatic hydroxyl groups is 1. The van der Waals surface area contributed by atoms with E-state index in [1.54, 1.807) is 19.9 Å². The van der Waals surface area contributed by atoms with Gasteiger partial charge >= 0.3 is 0 Å². The van der Waals surface area contributed by atoms with Crippen molar-refractivity contribution in [2.75, 3.05) is 13.2 Å². The molecule has 0 aliphatic carbocycles. The Morgan fingerprint density at radius 1 is 1.26 bits per heavy atom. The van der Waals surface area contributed by atoms with E-state index in [-0.39, 0.29) is 34.1 Å². The number of benzene rings is 1. The molecule has 0 saturated carbocycles. The molecular formula is C12H17Cl2NO3S. The van der Waals surface area contributed by atoms with Crippen molar-refractivity contribution in [3.05, 3.63) is 28.2 Å². The van der Waals surface area contributed by atoms with Gasteiger partial charge < -0.3 is 5.11 Å². The van der Waals surface area contributed by atoms with Crippen LogP contribution in [-0.4, -0.2) is 37.0 Å². The maximum atomic E-state index is 12.6. The minimum Gasteiger partial charge on any atom is -0.396 e. The van der Waals surface area contributed by atoms with Gasteiger partial charge in [-0.1, -0.05) is 29.3 Å². The lowest BCUT2D eigenvalue weighted by atomic mass is 10.3. The number of sulfonamides is 1. The monoisotopic (exact) mass is 325 g/mol. The fourth-order valence-electron chi connectivity index (χ4n) is 1.73. The highest BCUT2D eigenvalue weighted by Gasteiger charge is 2.30. The molecule has 1 rings (SSSR count). The molecule has 1 aromatic rings. The summed E-state index contributed by atoms with van der Waals surface area (Å²) in [4.78, 5) is -0.0787. The Morgan fingerprint density at radius 3 is 2.21 bits per heavy atom. The topological polar surface area (TPSA) is 57.6 Å². The van der Waals surface area contributed by atoms with Crippen LogP contribution in [0.15, 0.2) is 23.1 Å². The molecule has 0 aromatic heterocycles. The predicted molar refractivity (Wildman–Crippen MR) is 77.2 cm³/mol. The Morgan fingerprint density at radius 2 is 1.79 bits per heavy atom. The van der Waals surface area contributed by atoms with Crippen molar-refractivity contribution in [2.24, 2.45) is 0 Å². The van der Waals surface area contributed by atoms with Gasteiger partial charge in [0.25, 0.3) is 0 Å². The first kappa shape index (κ1) is 16.7. The van der Waals surface area contributed by atoms with E-state index in [9.17, 15) is 8.42 Å². The first-order valence-corrected chi connectivity index (χ1v) is 8.08. The van der Waals surface area contributed by atoms with Gasteiger partial charge in [-0.25, -0.2) is 8.42 Å². The van der Waals surface area contributed by atoms with Crippen LogP contribution in [0.1, 0.15) is 20.3 Å². The third kappa shape index (κ3) is 3.83. The molecule has 0 saturated heterocycles. The average molecular weight is 326 g/mol. The molecule has 1 aromatic carbocycles. The van der Waals surface area contributed by atoms with Gasteiger partial charge in [0, 0.05) is 19.2 Å². The van der Waals surface area contributed by atoms with Crippen LogP contribution in [0, 0.1) is 0 Å². The van der Waals surface area contributed by atoms with E-state index in [1.165, 1.54) is 16.4 Å². The van der Waals surface area contributed by atoms with Crippen molar-refractivity contribution >= 4 is 33.2 Å². The second kappa shape index (κ2) is 6.90. The van der Waals surface area contributed by atoms with Gasteiger partial charge in [-0.05, 0) is 32.4 Å². The zero-order chi connectivity index (χ0) is 14.6. The molecule has 0 fully saturated rings. The number of halogens is 2. The van der Waals surface area contributed by atoms with Crippen LogP contribution in [0.4, 0.5) is 0 Å². The normalized spacial score (nSPS) is 12.4. The van der Waals surface area contributed by atoms with Gasteiger partial charge in [0.1, 0.15) is 4.90 Å². The summed E-state index contributed by atoms with van der Waals surface area (Å²) in [5.74, 6) is 0. The third-order valence-corrected chi connectivity index (χ3v) is 5.63. The van der Waals surface area contributed by atoms with Crippen LogP contribution >= 0.6 is 23.2 Å². The lowest BCUT2D eigenvalue weighted by Gasteiger charge is -2.26. The average Bonchev–Trinajstić information content (AvgIpc) is 2.27. The fraction of sp³-hybridized carbons (Fsp3) is 0.500. The van der Waals surface area contributed by atoms with E-state index in [2.05, 4.69) is 0 Å². The Kier molecular flexibility index (Phi) is 6.08. The van der Waals surface area contributed by atoms with Crippen molar-refractivity contribution in [1.29, 1.82) is 0 Å². The Balaban J connectivity index is 3.27. The van der Waals surface area contributed by atoms with Gasteiger partial charge in [0.15, 0.2) is 0 Å². The summed E-state index contributed by atoms with van der Waals surface area (Å²) in [7, 11) is -3.78. The highest BCUT2D eigenvalue weighted by Crippen LogP contribution is 2.32. The lowest BCUT2D eigenvalue weighted by molar-refractivity contribution is 0.258. The van der Waals surface area contributed by atoms with Crippen molar-refractivity contribution in [3.63, 3.8) is 0 Å². The van der Waals surface area contributed by atoms with Crippen LogP contribution in [0.2, 0.25) is 10.0 Å². The minimum atomic E-state index is -3.78. The molecule has 0 aliphatic heterocycles. The van der Waals surface area contributed by atoms with Crippen LogP contribution in [0.5, 0.6) is 0 Å². The molecule has 0 unspecified atom stereocenters. The smallest absolute Gasteiger partial charge is 0.246 e.